The van der Waals surface area contributed by atoms with Crippen molar-refractivity contribution in [1.82, 2.24) is 4.90 Å². The Balaban J connectivity index is 3.58. The summed E-state index contributed by atoms with van der Waals surface area (Å²) in [6.07, 6.45) is 7.68. The van der Waals surface area contributed by atoms with Crippen molar-refractivity contribution in [3.8, 4) is 0 Å². The van der Waals surface area contributed by atoms with Crippen LogP contribution >= 0.6 is 0 Å². The average molecular weight is 249 g/mol. The van der Waals surface area contributed by atoms with E-state index in [9.17, 15) is 8.78 Å². The molecule has 0 bridgehead atoms. The summed E-state index contributed by atoms with van der Waals surface area (Å²) in [6.45, 7) is 6.63. The van der Waals surface area contributed by atoms with E-state index in [4.69, 9.17) is 0 Å². The maximum atomic E-state index is 13.6. The lowest BCUT2D eigenvalue weighted by molar-refractivity contribution is -0.148. The van der Waals surface area contributed by atoms with Gasteiger partial charge < -0.3 is 0 Å². The molecule has 1 nitrogen and oxygen atoms in total. The molecule has 0 aliphatic carbocycles. The van der Waals surface area contributed by atoms with Crippen LogP contribution in [0.3, 0.4) is 0 Å². The Morgan fingerprint density at radius 3 is 1.71 bits per heavy atom. The molecule has 0 saturated heterocycles. The summed E-state index contributed by atoms with van der Waals surface area (Å²) in [5, 5.41) is 0. The van der Waals surface area contributed by atoms with Gasteiger partial charge in [0.15, 0.2) is 0 Å². The zero-order valence-electron chi connectivity index (χ0n) is 11.8. The molecule has 0 fully saturated rings. The molecule has 0 aliphatic heterocycles. The van der Waals surface area contributed by atoms with Crippen molar-refractivity contribution in [1.29, 1.82) is 0 Å². The first-order chi connectivity index (χ1) is 8.08. The third-order valence-corrected chi connectivity index (χ3v) is 3.31. The topological polar surface area (TPSA) is 3.24 Å². The second-order valence-corrected chi connectivity index (χ2v) is 4.71. The Labute approximate surface area is 106 Å². The highest BCUT2D eigenvalue weighted by Crippen LogP contribution is 2.26. The highest BCUT2D eigenvalue weighted by atomic mass is 19.3. The van der Waals surface area contributed by atoms with Gasteiger partial charge in [0, 0.05) is 19.5 Å². The van der Waals surface area contributed by atoms with Gasteiger partial charge in [-0.25, -0.2) is 4.90 Å². The van der Waals surface area contributed by atoms with Crippen LogP contribution in [0.1, 0.15) is 72.1 Å². The second kappa shape index (κ2) is 9.81. The molecular formula is C14H29F2N. The predicted octanol–water partition coefficient (Wildman–Crippen LogP) is 5.06. The minimum absolute atomic E-state index is 0.0163. The standard InChI is InChI=1S/C14H29F2N/c1-4-7-8-9-10-11-12-13-14(15,16)17(5-2)6-3/h4-13H2,1-3H3. The molecule has 0 N–H and O–H groups in total. The maximum absolute atomic E-state index is 13.6. The molecule has 0 aromatic heterocycles. The molecule has 0 aromatic carbocycles. The van der Waals surface area contributed by atoms with Gasteiger partial charge in [0.2, 0.25) is 0 Å². The van der Waals surface area contributed by atoms with Gasteiger partial charge in [0.1, 0.15) is 0 Å². The molecule has 0 aliphatic rings. The molecule has 104 valence electrons. The molecule has 0 amide bonds. The van der Waals surface area contributed by atoms with Crippen LogP contribution in [0.15, 0.2) is 0 Å². The van der Waals surface area contributed by atoms with Crippen molar-refractivity contribution < 1.29 is 8.78 Å². The molecule has 3 heteroatoms. The number of halogens is 2. The summed E-state index contributed by atoms with van der Waals surface area (Å²) in [5.74, 6) is 0. The minimum Gasteiger partial charge on any atom is -0.245 e. The first-order valence-electron chi connectivity index (χ1n) is 7.21. The van der Waals surface area contributed by atoms with E-state index in [0.29, 0.717) is 19.5 Å². The van der Waals surface area contributed by atoms with Crippen LogP contribution in [0.25, 0.3) is 0 Å². The molecule has 0 rings (SSSR count). The fourth-order valence-corrected chi connectivity index (χ4v) is 2.14. The van der Waals surface area contributed by atoms with Gasteiger partial charge in [-0.1, -0.05) is 59.3 Å². The van der Waals surface area contributed by atoms with E-state index in [-0.39, 0.29) is 6.42 Å². The molecular weight excluding hydrogens is 220 g/mol. The van der Waals surface area contributed by atoms with Crippen molar-refractivity contribution in [3.63, 3.8) is 0 Å². The number of hydrogen-bond acceptors (Lipinski definition) is 1. The fraction of sp³-hybridized carbons (Fsp3) is 1.00. The summed E-state index contributed by atoms with van der Waals surface area (Å²) in [6, 6.07) is -2.60. The van der Waals surface area contributed by atoms with Crippen molar-refractivity contribution in [3.05, 3.63) is 0 Å². The molecule has 0 unspecified atom stereocenters. The van der Waals surface area contributed by atoms with Gasteiger partial charge in [-0.2, -0.15) is 8.78 Å². The van der Waals surface area contributed by atoms with E-state index in [1.165, 1.54) is 30.6 Å². The number of hydrogen-bond donors (Lipinski definition) is 0. The van der Waals surface area contributed by atoms with Crippen LogP contribution in [0.5, 0.6) is 0 Å². The molecule has 0 spiro atoms. The normalized spacial score (nSPS) is 12.4. The Kier molecular flexibility index (Phi) is 9.71. The zero-order valence-corrected chi connectivity index (χ0v) is 11.8. The Morgan fingerprint density at radius 1 is 0.765 bits per heavy atom. The van der Waals surface area contributed by atoms with Gasteiger partial charge in [-0.15, -0.1) is 0 Å². The van der Waals surface area contributed by atoms with Gasteiger partial charge in [-0.3, -0.25) is 0 Å². The third-order valence-electron chi connectivity index (χ3n) is 3.31. The fourth-order valence-electron chi connectivity index (χ4n) is 2.14. The van der Waals surface area contributed by atoms with Crippen molar-refractivity contribution in [2.45, 2.75) is 78.2 Å². The van der Waals surface area contributed by atoms with Crippen LogP contribution in [0.4, 0.5) is 8.78 Å². The van der Waals surface area contributed by atoms with E-state index >= 15 is 0 Å². The van der Waals surface area contributed by atoms with E-state index < -0.39 is 6.05 Å². The largest absolute Gasteiger partial charge is 0.304 e. The summed E-state index contributed by atoms with van der Waals surface area (Å²) in [4.78, 5) is 1.25. The quantitative estimate of drug-likeness (QED) is 0.365. The minimum atomic E-state index is -2.60. The van der Waals surface area contributed by atoms with Gasteiger partial charge >= 0.3 is 6.05 Å². The summed E-state index contributed by atoms with van der Waals surface area (Å²) in [7, 11) is 0. The zero-order chi connectivity index (χ0) is 13.1. The van der Waals surface area contributed by atoms with E-state index in [2.05, 4.69) is 6.92 Å². The Morgan fingerprint density at radius 2 is 1.24 bits per heavy atom. The first-order valence-corrected chi connectivity index (χ1v) is 7.21. The first kappa shape index (κ1) is 16.8. The third kappa shape index (κ3) is 7.69. The molecule has 0 saturated carbocycles. The highest BCUT2D eigenvalue weighted by molar-refractivity contribution is 4.67. The molecule has 0 aromatic rings. The summed E-state index contributed by atoms with van der Waals surface area (Å²) in [5.41, 5.74) is 0. The number of rotatable bonds is 11. The second-order valence-electron chi connectivity index (χ2n) is 4.71. The lowest BCUT2D eigenvalue weighted by atomic mass is 10.1. The number of alkyl halides is 2. The molecule has 0 radical (unpaired) electrons. The van der Waals surface area contributed by atoms with E-state index in [1.54, 1.807) is 13.8 Å². The van der Waals surface area contributed by atoms with Crippen LogP contribution in [-0.4, -0.2) is 24.0 Å². The molecule has 0 heterocycles. The molecule has 17 heavy (non-hydrogen) atoms. The van der Waals surface area contributed by atoms with Crippen LogP contribution in [0, 0.1) is 0 Å². The number of nitrogens with zero attached hydrogens (tertiary/aromatic N) is 1. The van der Waals surface area contributed by atoms with Gasteiger partial charge in [0.05, 0.1) is 0 Å². The lowest BCUT2D eigenvalue weighted by Crippen LogP contribution is -2.41. The van der Waals surface area contributed by atoms with Crippen LogP contribution < -0.4 is 0 Å². The maximum Gasteiger partial charge on any atom is 0.304 e. The SMILES string of the molecule is CCCCCCCCCC(F)(F)N(CC)CC. The van der Waals surface area contributed by atoms with Crippen molar-refractivity contribution in [2.75, 3.05) is 13.1 Å². The van der Waals surface area contributed by atoms with Crippen molar-refractivity contribution >= 4 is 0 Å². The lowest BCUT2D eigenvalue weighted by Gasteiger charge is -2.29. The van der Waals surface area contributed by atoms with Gasteiger partial charge in [0.25, 0.3) is 0 Å². The van der Waals surface area contributed by atoms with Gasteiger partial charge in [-0.05, 0) is 6.42 Å². The van der Waals surface area contributed by atoms with E-state index in [1.807, 2.05) is 0 Å². The predicted molar refractivity (Wildman–Crippen MR) is 70.5 cm³/mol. The van der Waals surface area contributed by atoms with E-state index in [0.717, 1.165) is 12.8 Å². The molecule has 0 atom stereocenters. The Bertz CT molecular complexity index is 168. The Hall–Kier alpha value is -0.180. The number of unbranched alkanes of at least 4 members (excludes halogenated alkanes) is 6. The van der Waals surface area contributed by atoms with Crippen LogP contribution in [0.2, 0.25) is 0 Å². The van der Waals surface area contributed by atoms with Crippen LogP contribution in [-0.2, 0) is 0 Å². The average Bonchev–Trinajstić information content (AvgIpc) is 2.29. The summed E-state index contributed by atoms with van der Waals surface area (Å²) >= 11 is 0. The highest BCUT2D eigenvalue weighted by Gasteiger charge is 2.33. The monoisotopic (exact) mass is 249 g/mol. The summed E-state index contributed by atoms with van der Waals surface area (Å²) < 4.78 is 27.3. The smallest absolute Gasteiger partial charge is 0.245 e. The van der Waals surface area contributed by atoms with Crippen molar-refractivity contribution in [2.24, 2.45) is 0 Å².